The number of H-pyrrole nitrogens is 1. The molecule has 0 aliphatic heterocycles. The van der Waals surface area contributed by atoms with Gasteiger partial charge < -0.3 is 14.7 Å². The van der Waals surface area contributed by atoms with E-state index < -0.39 is 0 Å². The Hall–Kier alpha value is -2.99. The standard InChI is InChI=1S/C21H17FN2O2S/c22-17-8-2-4-10-19(17)27-21-16(15-7-1-3-9-18(15)24-21)12-20(25)23-13-14-6-5-11-26-14/h1-11,24H,12-13H2,(H,23,25). The van der Waals surface area contributed by atoms with Gasteiger partial charge in [0.1, 0.15) is 11.6 Å². The third-order valence-corrected chi connectivity index (χ3v) is 5.30. The molecule has 0 aliphatic rings. The summed E-state index contributed by atoms with van der Waals surface area (Å²) in [5.74, 6) is 0.296. The van der Waals surface area contributed by atoms with Gasteiger partial charge >= 0.3 is 0 Å². The molecule has 27 heavy (non-hydrogen) atoms. The van der Waals surface area contributed by atoms with Gasteiger partial charge in [0, 0.05) is 21.4 Å². The van der Waals surface area contributed by atoms with Crippen LogP contribution in [-0.2, 0) is 17.8 Å². The van der Waals surface area contributed by atoms with Crippen molar-refractivity contribution in [2.45, 2.75) is 22.9 Å². The number of carbonyl (C=O) groups excluding carboxylic acids is 1. The number of rotatable bonds is 6. The zero-order valence-electron chi connectivity index (χ0n) is 14.4. The Morgan fingerprint density at radius 3 is 2.70 bits per heavy atom. The predicted octanol–water partition coefficient (Wildman–Crippen LogP) is 4.91. The lowest BCUT2D eigenvalue weighted by atomic mass is 10.1. The van der Waals surface area contributed by atoms with Crippen LogP contribution in [0.2, 0.25) is 0 Å². The largest absolute Gasteiger partial charge is 0.467 e. The fourth-order valence-corrected chi connectivity index (χ4v) is 3.90. The van der Waals surface area contributed by atoms with Gasteiger partial charge in [-0.3, -0.25) is 4.79 Å². The Balaban J connectivity index is 1.60. The molecule has 2 aromatic carbocycles. The number of halogens is 1. The van der Waals surface area contributed by atoms with Crippen LogP contribution < -0.4 is 5.32 Å². The Morgan fingerprint density at radius 2 is 1.89 bits per heavy atom. The molecule has 4 nitrogen and oxygen atoms in total. The molecule has 0 saturated heterocycles. The molecule has 0 fully saturated rings. The number of furan rings is 1. The molecule has 0 saturated carbocycles. The third kappa shape index (κ3) is 3.90. The number of nitrogens with one attached hydrogen (secondary N) is 2. The Kier molecular flexibility index (Phi) is 4.98. The smallest absolute Gasteiger partial charge is 0.224 e. The topological polar surface area (TPSA) is 58.0 Å². The molecular weight excluding hydrogens is 363 g/mol. The summed E-state index contributed by atoms with van der Waals surface area (Å²) in [7, 11) is 0. The van der Waals surface area contributed by atoms with E-state index >= 15 is 0 Å². The number of benzene rings is 2. The number of hydrogen-bond acceptors (Lipinski definition) is 3. The first-order chi connectivity index (χ1) is 13.2. The second-order valence-electron chi connectivity index (χ2n) is 6.04. The van der Waals surface area contributed by atoms with Gasteiger partial charge in [0.05, 0.1) is 24.3 Å². The molecular formula is C21H17FN2O2S. The first kappa shape index (κ1) is 17.4. The maximum atomic E-state index is 14.1. The van der Waals surface area contributed by atoms with E-state index in [-0.39, 0.29) is 18.1 Å². The molecule has 4 aromatic rings. The maximum Gasteiger partial charge on any atom is 0.224 e. The average molecular weight is 380 g/mol. The lowest BCUT2D eigenvalue weighted by Gasteiger charge is -2.07. The van der Waals surface area contributed by atoms with Crippen LogP contribution in [0.25, 0.3) is 10.9 Å². The molecule has 136 valence electrons. The van der Waals surface area contributed by atoms with Crippen LogP contribution in [0.4, 0.5) is 4.39 Å². The monoisotopic (exact) mass is 380 g/mol. The molecule has 0 bridgehead atoms. The zero-order valence-corrected chi connectivity index (χ0v) is 15.2. The number of fused-ring (bicyclic) bond motifs is 1. The van der Waals surface area contributed by atoms with Crippen molar-refractivity contribution >= 4 is 28.6 Å². The molecule has 4 rings (SSSR count). The lowest BCUT2D eigenvalue weighted by Crippen LogP contribution is -2.24. The van der Waals surface area contributed by atoms with Crippen molar-refractivity contribution in [2.75, 3.05) is 0 Å². The summed E-state index contributed by atoms with van der Waals surface area (Å²) >= 11 is 1.30. The van der Waals surface area contributed by atoms with Crippen LogP contribution in [0.15, 0.2) is 81.3 Å². The van der Waals surface area contributed by atoms with Crippen molar-refractivity contribution in [1.82, 2.24) is 10.3 Å². The van der Waals surface area contributed by atoms with Gasteiger partial charge in [0.15, 0.2) is 0 Å². The molecule has 0 unspecified atom stereocenters. The Labute approximate surface area is 159 Å². The van der Waals surface area contributed by atoms with Crippen LogP contribution in [0.1, 0.15) is 11.3 Å². The molecule has 1 amide bonds. The number of para-hydroxylation sites is 1. The van der Waals surface area contributed by atoms with E-state index in [1.54, 1.807) is 30.5 Å². The van der Waals surface area contributed by atoms with Gasteiger partial charge in [0.2, 0.25) is 5.91 Å². The summed E-state index contributed by atoms with van der Waals surface area (Å²) in [6, 6.07) is 18.0. The summed E-state index contributed by atoms with van der Waals surface area (Å²) in [6.45, 7) is 0.337. The highest BCUT2D eigenvalue weighted by Crippen LogP contribution is 2.35. The molecule has 6 heteroatoms. The van der Waals surface area contributed by atoms with Gasteiger partial charge in [-0.15, -0.1) is 0 Å². The number of carbonyl (C=O) groups is 1. The third-order valence-electron chi connectivity index (χ3n) is 4.20. The van der Waals surface area contributed by atoms with Crippen molar-refractivity contribution in [3.05, 3.63) is 84.1 Å². The van der Waals surface area contributed by atoms with E-state index in [0.29, 0.717) is 17.2 Å². The van der Waals surface area contributed by atoms with Gasteiger partial charge in [-0.25, -0.2) is 4.39 Å². The van der Waals surface area contributed by atoms with Gasteiger partial charge in [-0.2, -0.15) is 0 Å². The minimum absolute atomic E-state index is 0.119. The highest BCUT2D eigenvalue weighted by molar-refractivity contribution is 7.99. The Morgan fingerprint density at radius 1 is 1.07 bits per heavy atom. The summed E-state index contributed by atoms with van der Waals surface area (Å²) in [6.07, 6.45) is 1.77. The summed E-state index contributed by atoms with van der Waals surface area (Å²) in [5.41, 5.74) is 1.78. The highest BCUT2D eigenvalue weighted by atomic mass is 32.2. The summed E-state index contributed by atoms with van der Waals surface area (Å²) in [4.78, 5) is 16.3. The predicted molar refractivity (Wildman–Crippen MR) is 103 cm³/mol. The SMILES string of the molecule is O=C(Cc1c(Sc2ccccc2F)[nH]c2ccccc12)NCc1ccco1. The minimum atomic E-state index is -0.283. The number of aromatic nitrogens is 1. The normalized spacial score (nSPS) is 11.0. The van der Waals surface area contributed by atoms with E-state index in [9.17, 15) is 9.18 Å². The Bertz CT molecular complexity index is 1070. The fourth-order valence-electron chi connectivity index (χ4n) is 2.90. The minimum Gasteiger partial charge on any atom is -0.467 e. The molecule has 0 radical (unpaired) electrons. The van der Waals surface area contributed by atoms with Gasteiger partial charge in [0.25, 0.3) is 0 Å². The van der Waals surface area contributed by atoms with Crippen LogP contribution in [0.5, 0.6) is 0 Å². The van der Waals surface area contributed by atoms with Crippen LogP contribution in [-0.4, -0.2) is 10.9 Å². The number of hydrogen-bond donors (Lipinski definition) is 2. The number of aromatic amines is 1. The van der Waals surface area contributed by atoms with Crippen molar-refractivity contribution < 1.29 is 13.6 Å². The highest BCUT2D eigenvalue weighted by Gasteiger charge is 2.17. The molecule has 2 heterocycles. The van der Waals surface area contributed by atoms with Crippen LogP contribution >= 0.6 is 11.8 Å². The lowest BCUT2D eigenvalue weighted by molar-refractivity contribution is -0.120. The zero-order chi connectivity index (χ0) is 18.6. The summed E-state index contributed by atoms with van der Waals surface area (Å²) in [5, 5.41) is 4.60. The van der Waals surface area contributed by atoms with E-state index in [4.69, 9.17) is 4.42 Å². The van der Waals surface area contributed by atoms with Crippen molar-refractivity contribution in [1.29, 1.82) is 0 Å². The van der Waals surface area contributed by atoms with E-state index in [2.05, 4.69) is 10.3 Å². The van der Waals surface area contributed by atoms with Crippen LogP contribution in [0.3, 0.4) is 0 Å². The first-order valence-corrected chi connectivity index (χ1v) is 9.33. The quantitative estimate of drug-likeness (QED) is 0.500. The number of amides is 1. The van der Waals surface area contributed by atoms with Crippen molar-refractivity contribution in [3.63, 3.8) is 0 Å². The first-order valence-electron chi connectivity index (χ1n) is 8.52. The maximum absolute atomic E-state index is 14.1. The molecule has 2 N–H and O–H groups in total. The second kappa shape index (κ2) is 7.72. The van der Waals surface area contributed by atoms with Crippen molar-refractivity contribution in [2.24, 2.45) is 0 Å². The molecule has 0 spiro atoms. The van der Waals surface area contributed by atoms with Crippen LogP contribution in [0, 0.1) is 5.82 Å². The van der Waals surface area contributed by atoms with Crippen molar-refractivity contribution in [3.8, 4) is 0 Å². The average Bonchev–Trinajstić information content (AvgIpc) is 3.31. The van der Waals surface area contributed by atoms with E-state index in [0.717, 1.165) is 21.5 Å². The van der Waals surface area contributed by atoms with E-state index in [1.165, 1.54) is 17.8 Å². The second-order valence-corrected chi connectivity index (χ2v) is 7.10. The van der Waals surface area contributed by atoms with E-state index in [1.807, 2.05) is 30.3 Å². The molecule has 0 aliphatic carbocycles. The fraction of sp³-hybridized carbons (Fsp3) is 0.0952. The molecule has 0 atom stereocenters. The van der Waals surface area contributed by atoms with Gasteiger partial charge in [-0.05, 0) is 30.3 Å². The molecule has 2 aromatic heterocycles. The summed E-state index contributed by atoms with van der Waals surface area (Å²) < 4.78 is 19.3. The van der Waals surface area contributed by atoms with Gasteiger partial charge in [-0.1, -0.05) is 42.1 Å².